The second-order valence-corrected chi connectivity index (χ2v) is 7.15. The van der Waals surface area contributed by atoms with Gasteiger partial charge in [-0.25, -0.2) is 4.39 Å². The van der Waals surface area contributed by atoms with E-state index >= 15 is 0 Å². The minimum absolute atomic E-state index is 0.336. The van der Waals surface area contributed by atoms with Crippen LogP contribution in [-0.4, -0.2) is 7.11 Å². The molecule has 0 aliphatic rings. The molecule has 0 fully saturated rings. The van der Waals surface area contributed by atoms with Crippen LogP contribution in [0.5, 0.6) is 11.5 Å². The average molecular weight is 485 g/mol. The van der Waals surface area contributed by atoms with Crippen LogP contribution >= 0.6 is 22.6 Å². The van der Waals surface area contributed by atoms with Crippen LogP contribution in [0.4, 0.5) is 4.39 Å². The Morgan fingerprint density at radius 2 is 1.82 bits per heavy atom. The number of hydrogen-bond acceptors (Lipinski definition) is 3. The number of methoxy groups -OCH3 is 1. The van der Waals surface area contributed by atoms with E-state index in [1.807, 2.05) is 42.5 Å². The fourth-order valence-electron chi connectivity index (χ4n) is 2.67. The van der Waals surface area contributed by atoms with Crippen molar-refractivity contribution in [3.05, 3.63) is 92.8 Å². The molecule has 3 nitrogen and oxygen atoms in total. The Balaban J connectivity index is 1.89. The molecule has 5 heteroatoms. The number of hydrogen-bond donors (Lipinski definition) is 0. The maximum Gasteiger partial charge on any atom is 0.174 e. The fraction of sp³-hybridized carbons (Fsp3) is 0.0870. The summed E-state index contributed by atoms with van der Waals surface area (Å²) in [6, 6.07) is 21.7. The summed E-state index contributed by atoms with van der Waals surface area (Å²) >= 11 is 2.19. The first-order valence-electron chi connectivity index (χ1n) is 8.52. The molecule has 0 unspecified atom stereocenters. The predicted octanol–water partition coefficient (Wildman–Crippen LogP) is 6.08. The topological polar surface area (TPSA) is 42.2 Å². The second kappa shape index (κ2) is 9.38. The molecule has 0 N–H and O–H groups in total. The number of nitrogens with zero attached hydrogens (tertiary/aromatic N) is 1. The lowest BCUT2D eigenvalue weighted by atomic mass is 10.0. The van der Waals surface area contributed by atoms with Gasteiger partial charge in [0.15, 0.2) is 11.5 Å². The summed E-state index contributed by atoms with van der Waals surface area (Å²) in [7, 11) is 1.58. The highest BCUT2D eigenvalue weighted by Gasteiger charge is 2.12. The average Bonchev–Trinajstić information content (AvgIpc) is 2.72. The monoisotopic (exact) mass is 485 g/mol. The Kier molecular flexibility index (Phi) is 6.66. The fourth-order valence-corrected chi connectivity index (χ4v) is 3.45. The van der Waals surface area contributed by atoms with E-state index < -0.39 is 0 Å². The van der Waals surface area contributed by atoms with Crippen molar-refractivity contribution in [1.82, 2.24) is 0 Å². The van der Waals surface area contributed by atoms with Gasteiger partial charge in [-0.2, -0.15) is 5.26 Å². The van der Waals surface area contributed by atoms with Gasteiger partial charge in [0.25, 0.3) is 0 Å². The molecular formula is C23H17FINO2. The standard InChI is InChI=1S/C23H17FINO2/c1-27-22-13-17(11-19(14-26)18-7-9-20(24)10-8-18)12-21(25)23(22)28-15-16-5-3-2-4-6-16/h2-13H,15H2,1H3. The van der Waals surface area contributed by atoms with E-state index in [0.717, 1.165) is 14.7 Å². The van der Waals surface area contributed by atoms with Gasteiger partial charge in [0.1, 0.15) is 12.4 Å². The molecule has 3 aromatic carbocycles. The van der Waals surface area contributed by atoms with Crippen LogP contribution in [0.25, 0.3) is 11.6 Å². The number of halogens is 2. The molecule has 0 atom stereocenters. The van der Waals surface area contributed by atoms with Gasteiger partial charge in [-0.1, -0.05) is 42.5 Å². The lowest BCUT2D eigenvalue weighted by Gasteiger charge is -2.14. The molecule has 0 amide bonds. The van der Waals surface area contributed by atoms with Crippen molar-refractivity contribution in [1.29, 1.82) is 5.26 Å². The number of benzene rings is 3. The molecule has 140 valence electrons. The maximum absolute atomic E-state index is 13.1. The highest BCUT2D eigenvalue weighted by molar-refractivity contribution is 14.1. The van der Waals surface area contributed by atoms with Crippen molar-refractivity contribution in [3.63, 3.8) is 0 Å². The molecule has 0 saturated carbocycles. The molecule has 0 heterocycles. The third-order valence-corrected chi connectivity index (χ3v) is 4.87. The van der Waals surface area contributed by atoms with Gasteiger partial charge in [0.2, 0.25) is 0 Å². The Bertz CT molecular complexity index is 1020. The number of rotatable bonds is 6. The van der Waals surface area contributed by atoms with E-state index in [9.17, 15) is 9.65 Å². The van der Waals surface area contributed by atoms with Gasteiger partial charge < -0.3 is 9.47 Å². The van der Waals surface area contributed by atoms with Crippen LogP contribution < -0.4 is 9.47 Å². The third kappa shape index (κ3) is 4.90. The van der Waals surface area contributed by atoms with Crippen LogP contribution in [0.15, 0.2) is 66.7 Å². The normalized spacial score (nSPS) is 11.0. The first-order chi connectivity index (χ1) is 13.6. The van der Waals surface area contributed by atoms with Gasteiger partial charge in [0, 0.05) is 0 Å². The number of ether oxygens (including phenoxy) is 2. The smallest absolute Gasteiger partial charge is 0.174 e. The molecular weight excluding hydrogens is 468 g/mol. The molecule has 0 bridgehead atoms. The van der Waals surface area contributed by atoms with Gasteiger partial charge in [-0.15, -0.1) is 0 Å². The lowest BCUT2D eigenvalue weighted by Crippen LogP contribution is -2.00. The molecule has 0 saturated heterocycles. The molecule has 3 rings (SSSR count). The second-order valence-electron chi connectivity index (χ2n) is 5.99. The van der Waals surface area contributed by atoms with Crippen molar-refractivity contribution >= 4 is 34.2 Å². The van der Waals surface area contributed by atoms with Crippen LogP contribution in [-0.2, 0) is 6.61 Å². The summed E-state index contributed by atoms with van der Waals surface area (Å²) in [5, 5.41) is 9.50. The maximum atomic E-state index is 13.1. The first-order valence-corrected chi connectivity index (χ1v) is 9.60. The Morgan fingerprint density at radius 3 is 2.46 bits per heavy atom. The van der Waals surface area contributed by atoms with E-state index in [1.54, 1.807) is 25.3 Å². The van der Waals surface area contributed by atoms with E-state index in [4.69, 9.17) is 9.47 Å². The molecule has 0 aromatic heterocycles. The zero-order chi connectivity index (χ0) is 19.9. The SMILES string of the molecule is COc1cc(C=C(C#N)c2ccc(F)cc2)cc(I)c1OCc1ccccc1. The van der Waals surface area contributed by atoms with Crippen molar-refractivity contribution < 1.29 is 13.9 Å². The van der Waals surface area contributed by atoms with Crippen LogP contribution in [0.1, 0.15) is 16.7 Å². The summed E-state index contributed by atoms with van der Waals surface area (Å²) in [6.45, 7) is 0.432. The van der Waals surface area contributed by atoms with Crippen LogP contribution in [0.3, 0.4) is 0 Å². The van der Waals surface area contributed by atoms with Crippen molar-refractivity contribution in [2.24, 2.45) is 0 Å². The molecule has 0 radical (unpaired) electrons. The summed E-state index contributed by atoms with van der Waals surface area (Å²) in [4.78, 5) is 0. The molecule has 3 aromatic rings. The predicted molar refractivity (Wildman–Crippen MR) is 116 cm³/mol. The first kappa shape index (κ1) is 19.9. The summed E-state index contributed by atoms with van der Waals surface area (Å²) < 4.78 is 25.5. The highest BCUT2D eigenvalue weighted by atomic mass is 127. The number of allylic oxidation sites excluding steroid dienone is 1. The van der Waals surface area contributed by atoms with E-state index in [2.05, 4.69) is 28.7 Å². The van der Waals surface area contributed by atoms with Gasteiger partial charge in [0.05, 0.1) is 22.3 Å². The van der Waals surface area contributed by atoms with Gasteiger partial charge in [-0.05, 0) is 69.6 Å². The lowest BCUT2D eigenvalue weighted by molar-refractivity contribution is 0.282. The van der Waals surface area contributed by atoms with Crippen LogP contribution in [0, 0.1) is 20.7 Å². The quantitative estimate of drug-likeness (QED) is 0.242. The molecule has 0 spiro atoms. The minimum Gasteiger partial charge on any atom is -0.493 e. The largest absolute Gasteiger partial charge is 0.493 e. The Hall–Kier alpha value is -2.85. The van der Waals surface area contributed by atoms with Crippen molar-refractivity contribution in [3.8, 4) is 17.6 Å². The van der Waals surface area contributed by atoms with E-state index in [-0.39, 0.29) is 5.82 Å². The summed E-state index contributed by atoms with van der Waals surface area (Å²) in [6.07, 6.45) is 1.75. The summed E-state index contributed by atoms with van der Waals surface area (Å²) in [5.74, 6) is 0.909. The van der Waals surface area contributed by atoms with Gasteiger partial charge in [-0.3, -0.25) is 0 Å². The van der Waals surface area contributed by atoms with E-state index in [1.165, 1.54) is 12.1 Å². The summed E-state index contributed by atoms with van der Waals surface area (Å²) in [5.41, 5.74) is 2.96. The Labute approximate surface area is 177 Å². The zero-order valence-electron chi connectivity index (χ0n) is 15.2. The van der Waals surface area contributed by atoms with E-state index in [0.29, 0.717) is 29.2 Å². The van der Waals surface area contributed by atoms with Gasteiger partial charge >= 0.3 is 0 Å². The Morgan fingerprint density at radius 1 is 1.11 bits per heavy atom. The number of nitriles is 1. The van der Waals surface area contributed by atoms with Crippen molar-refractivity contribution in [2.45, 2.75) is 6.61 Å². The van der Waals surface area contributed by atoms with Crippen molar-refractivity contribution in [2.75, 3.05) is 7.11 Å². The minimum atomic E-state index is -0.336. The molecule has 0 aliphatic carbocycles. The molecule has 28 heavy (non-hydrogen) atoms. The van der Waals surface area contributed by atoms with Crippen LogP contribution in [0.2, 0.25) is 0 Å². The third-order valence-electron chi connectivity index (χ3n) is 4.06. The highest BCUT2D eigenvalue weighted by Crippen LogP contribution is 2.35. The zero-order valence-corrected chi connectivity index (χ0v) is 17.3. The molecule has 0 aliphatic heterocycles.